The molecule has 1 aliphatic heterocycles. The van der Waals surface area contributed by atoms with E-state index in [1.54, 1.807) is 13.8 Å². The zero-order chi connectivity index (χ0) is 11.1. The maximum absolute atomic E-state index is 11.5. The van der Waals surface area contributed by atoms with Crippen molar-refractivity contribution in [3.8, 4) is 0 Å². The fourth-order valence-corrected chi connectivity index (χ4v) is 1.63. The molecule has 15 heavy (non-hydrogen) atoms. The summed E-state index contributed by atoms with van der Waals surface area (Å²) in [7, 11) is 0. The number of benzene rings is 1. The van der Waals surface area contributed by atoms with Crippen LogP contribution >= 0.6 is 15.9 Å². The summed E-state index contributed by atoms with van der Waals surface area (Å²) < 4.78 is 1.01. The van der Waals surface area contributed by atoms with Crippen LogP contribution in [0.2, 0.25) is 0 Å². The van der Waals surface area contributed by atoms with Crippen LogP contribution < -0.4 is 5.32 Å². The van der Waals surface area contributed by atoms with Gasteiger partial charge in [-0.2, -0.15) is 0 Å². The highest BCUT2D eigenvalue weighted by molar-refractivity contribution is 9.10. The molecule has 0 aromatic heterocycles. The first kappa shape index (κ1) is 10.4. The molecule has 0 radical (unpaired) electrons. The van der Waals surface area contributed by atoms with Crippen molar-refractivity contribution in [1.29, 1.82) is 0 Å². The molecule has 0 saturated carbocycles. The number of amides is 1. The first-order valence-corrected chi connectivity index (χ1v) is 5.45. The number of nitrogens with one attached hydrogen (secondary N) is 1. The molecule has 1 amide bonds. The minimum Gasteiger partial charge on any atom is -0.308 e. The maximum Gasteiger partial charge on any atom is 0.252 e. The van der Waals surface area contributed by atoms with Crippen molar-refractivity contribution in [2.24, 2.45) is 4.99 Å². The van der Waals surface area contributed by atoms with Gasteiger partial charge in [-0.25, -0.2) is 0 Å². The van der Waals surface area contributed by atoms with Gasteiger partial charge >= 0.3 is 0 Å². The summed E-state index contributed by atoms with van der Waals surface area (Å²) in [4.78, 5) is 15.9. The van der Waals surface area contributed by atoms with Crippen LogP contribution in [0.5, 0.6) is 0 Å². The van der Waals surface area contributed by atoms with Crippen molar-refractivity contribution in [2.45, 2.75) is 19.4 Å². The van der Waals surface area contributed by atoms with Gasteiger partial charge in [0.25, 0.3) is 5.91 Å². The zero-order valence-corrected chi connectivity index (χ0v) is 10.1. The third-order valence-electron chi connectivity index (χ3n) is 2.30. The minimum atomic E-state index is -0.650. The second-order valence-electron chi connectivity index (χ2n) is 3.98. The molecule has 3 nitrogen and oxygen atoms in total. The van der Waals surface area contributed by atoms with E-state index in [0.717, 1.165) is 10.0 Å². The fraction of sp³-hybridized carbons (Fsp3) is 0.273. The van der Waals surface area contributed by atoms with Crippen LogP contribution in [0.15, 0.2) is 33.7 Å². The number of carbonyl (C=O) groups excluding carboxylic acids is 1. The Morgan fingerprint density at radius 3 is 2.33 bits per heavy atom. The molecule has 0 saturated heterocycles. The molecule has 2 rings (SSSR count). The minimum absolute atomic E-state index is 0.0552. The molecular weight excluding hydrogens is 256 g/mol. The number of rotatable bonds is 1. The van der Waals surface area contributed by atoms with E-state index >= 15 is 0 Å². The molecule has 1 aromatic rings. The van der Waals surface area contributed by atoms with Gasteiger partial charge in [-0.15, -0.1) is 0 Å². The third-order valence-corrected chi connectivity index (χ3v) is 2.83. The predicted octanol–water partition coefficient (Wildman–Crippen LogP) is 2.10. The topological polar surface area (TPSA) is 41.5 Å². The molecule has 0 aliphatic carbocycles. The average Bonchev–Trinajstić information content (AvgIpc) is 2.42. The van der Waals surface area contributed by atoms with Crippen molar-refractivity contribution in [2.75, 3.05) is 0 Å². The second-order valence-corrected chi connectivity index (χ2v) is 4.90. The van der Waals surface area contributed by atoms with Crippen LogP contribution in [-0.2, 0) is 4.79 Å². The smallest absolute Gasteiger partial charge is 0.252 e. The van der Waals surface area contributed by atoms with E-state index in [9.17, 15) is 4.79 Å². The number of hydrogen-bond donors (Lipinski definition) is 1. The molecule has 1 aromatic carbocycles. The van der Waals surface area contributed by atoms with Gasteiger partial charge in [0, 0.05) is 10.0 Å². The first-order chi connectivity index (χ1) is 6.99. The number of hydrogen-bond acceptors (Lipinski definition) is 2. The van der Waals surface area contributed by atoms with Gasteiger partial charge in [-0.3, -0.25) is 9.79 Å². The quantitative estimate of drug-likeness (QED) is 0.831. The molecule has 0 unspecified atom stereocenters. The normalized spacial score (nSPS) is 18.6. The van der Waals surface area contributed by atoms with Gasteiger partial charge in [0.15, 0.2) is 0 Å². The maximum atomic E-state index is 11.5. The molecule has 78 valence electrons. The first-order valence-electron chi connectivity index (χ1n) is 4.66. The molecule has 0 fully saturated rings. The molecule has 1 heterocycles. The van der Waals surface area contributed by atoms with Crippen molar-refractivity contribution in [3.63, 3.8) is 0 Å². The Labute approximate surface area is 96.7 Å². The molecule has 0 spiro atoms. The van der Waals surface area contributed by atoms with Gasteiger partial charge in [0.05, 0.1) is 0 Å². The van der Waals surface area contributed by atoms with Gasteiger partial charge in [0.2, 0.25) is 0 Å². The lowest BCUT2D eigenvalue weighted by Crippen LogP contribution is -2.34. The summed E-state index contributed by atoms with van der Waals surface area (Å²) in [5, 5.41) is 2.78. The van der Waals surface area contributed by atoms with Crippen LogP contribution in [0.25, 0.3) is 0 Å². The highest BCUT2D eigenvalue weighted by atomic mass is 79.9. The Hall–Kier alpha value is -1.16. The predicted molar refractivity (Wildman–Crippen MR) is 62.9 cm³/mol. The van der Waals surface area contributed by atoms with Crippen LogP contribution in [0, 0.1) is 0 Å². The Morgan fingerprint density at radius 2 is 1.87 bits per heavy atom. The van der Waals surface area contributed by atoms with E-state index in [0.29, 0.717) is 5.84 Å². The highest BCUT2D eigenvalue weighted by Gasteiger charge is 2.34. The Balaban J connectivity index is 2.35. The number of halogens is 1. The van der Waals surface area contributed by atoms with E-state index in [1.807, 2.05) is 24.3 Å². The van der Waals surface area contributed by atoms with Gasteiger partial charge in [-0.1, -0.05) is 28.1 Å². The molecular formula is C11H11BrN2O. The molecule has 0 bridgehead atoms. The largest absolute Gasteiger partial charge is 0.308 e. The summed E-state index contributed by atoms with van der Waals surface area (Å²) >= 11 is 3.36. The van der Waals surface area contributed by atoms with E-state index < -0.39 is 5.54 Å². The lowest BCUT2D eigenvalue weighted by atomic mass is 10.1. The summed E-state index contributed by atoms with van der Waals surface area (Å²) in [6.07, 6.45) is 0. The number of carbonyl (C=O) groups is 1. The van der Waals surface area contributed by atoms with Crippen LogP contribution in [0.1, 0.15) is 19.4 Å². The molecule has 1 N–H and O–H groups in total. The van der Waals surface area contributed by atoms with Crippen molar-refractivity contribution >= 4 is 27.7 Å². The van der Waals surface area contributed by atoms with E-state index in [2.05, 4.69) is 26.2 Å². The van der Waals surface area contributed by atoms with E-state index in [-0.39, 0.29) is 5.91 Å². The lowest BCUT2D eigenvalue weighted by molar-refractivity contribution is -0.122. The van der Waals surface area contributed by atoms with Crippen molar-refractivity contribution in [3.05, 3.63) is 34.3 Å². The highest BCUT2D eigenvalue weighted by Crippen LogP contribution is 2.18. The lowest BCUT2D eigenvalue weighted by Gasteiger charge is -2.07. The van der Waals surface area contributed by atoms with Gasteiger partial charge in [0.1, 0.15) is 11.4 Å². The van der Waals surface area contributed by atoms with Gasteiger partial charge < -0.3 is 5.32 Å². The number of aliphatic imine (C=N–C) groups is 1. The fourth-order valence-electron chi connectivity index (χ4n) is 1.36. The second kappa shape index (κ2) is 3.45. The van der Waals surface area contributed by atoms with Crippen LogP contribution in [0.3, 0.4) is 0 Å². The number of amidine groups is 1. The van der Waals surface area contributed by atoms with Crippen molar-refractivity contribution in [1.82, 2.24) is 5.32 Å². The summed E-state index contributed by atoms with van der Waals surface area (Å²) in [6, 6.07) is 7.69. The van der Waals surface area contributed by atoms with Crippen LogP contribution in [0.4, 0.5) is 0 Å². The molecule has 4 heteroatoms. The van der Waals surface area contributed by atoms with Gasteiger partial charge in [-0.05, 0) is 26.0 Å². The monoisotopic (exact) mass is 266 g/mol. The average molecular weight is 267 g/mol. The zero-order valence-electron chi connectivity index (χ0n) is 8.54. The number of nitrogens with zero attached hydrogens (tertiary/aromatic N) is 1. The third kappa shape index (κ3) is 1.95. The standard InChI is InChI=1S/C11H11BrN2O/c1-11(2)10(15)13-9(14-11)7-3-5-8(12)6-4-7/h3-6H,1-2H3,(H,13,14,15). The van der Waals surface area contributed by atoms with E-state index in [1.165, 1.54) is 0 Å². The summed E-state index contributed by atoms with van der Waals surface area (Å²) in [5.41, 5.74) is 0.278. The summed E-state index contributed by atoms with van der Waals surface area (Å²) in [5.74, 6) is 0.595. The van der Waals surface area contributed by atoms with E-state index in [4.69, 9.17) is 0 Å². The Morgan fingerprint density at radius 1 is 1.27 bits per heavy atom. The Bertz CT molecular complexity index is 434. The summed E-state index contributed by atoms with van der Waals surface area (Å²) in [6.45, 7) is 3.60. The molecule has 1 aliphatic rings. The SMILES string of the molecule is CC1(C)N=C(c2ccc(Br)cc2)NC1=O. The molecule has 0 atom stereocenters. The Kier molecular flexibility index (Phi) is 2.38. The van der Waals surface area contributed by atoms with Crippen molar-refractivity contribution < 1.29 is 4.79 Å². The van der Waals surface area contributed by atoms with Crippen LogP contribution in [-0.4, -0.2) is 17.3 Å².